The number of halogens is 1. The van der Waals surface area contributed by atoms with E-state index in [2.05, 4.69) is 26.3 Å². The number of benzene rings is 1. The Morgan fingerprint density at radius 3 is 2.79 bits per heavy atom. The molecular formula is C14H16BrN3O. The monoisotopic (exact) mass is 321 g/mol. The second-order valence-corrected chi connectivity index (χ2v) is 5.22. The Labute approximate surface area is 120 Å². The predicted octanol–water partition coefficient (Wildman–Crippen LogP) is 2.46. The molecule has 1 aromatic heterocycles. The molecule has 19 heavy (non-hydrogen) atoms. The quantitative estimate of drug-likeness (QED) is 0.940. The van der Waals surface area contributed by atoms with Crippen LogP contribution >= 0.6 is 15.9 Å². The molecular weight excluding hydrogens is 306 g/mol. The number of rotatable bonds is 4. The summed E-state index contributed by atoms with van der Waals surface area (Å²) in [5.41, 5.74) is 2.69. The molecule has 100 valence electrons. The van der Waals surface area contributed by atoms with Crippen molar-refractivity contribution < 1.29 is 4.79 Å². The molecule has 0 spiro atoms. The topological polar surface area (TPSA) is 46.9 Å². The highest BCUT2D eigenvalue weighted by molar-refractivity contribution is 9.10. The van der Waals surface area contributed by atoms with Gasteiger partial charge in [-0.2, -0.15) is 5.10 Å². The Morgan fingerprint density at radius 2 is 2.16 bits per heavy atom. The Morgan fingerprint density at radius 1 is 1.42 bits per heavy atom. The molecule has 0 unspecified atom stereocenters. The van der Waals surface area contributed by atoms with E-state index in [0.717, 1.165) is 16.6 Å². The van der Waals surface area contributed by atoms with Crippen LogP contribution in [0.2, 0.25) is 0 Å². The van der Waals surface area contributed by atoms with Crippen molar-refractivity contribution in [2.24, 2.45) is 7.05 Å². The van der Waals surface area contributed by atoms with Gasteiger partial charge in [-0.05, 0) is 25.0 Å². The lowest BCUT2D eigenvalue weighted by Gasteiger charge is -2.06. The van der Waals surface area contributed by atoms with Gasteiger partial charge < -0.3 is 5.32 Å². The normalized spacial score (nSPS) is 10.5. The molecule has 1 aromatic carbocycles. The van der Waals surface area contributed by atoms with Crippen molar-refractivity contribution in [1.82, 2.24) is 15.1 Å². The first-order valence-electron chi connectivity index (χ1n) is 6.10. The van der Waals surface area contributed by atoms with Crippen LogP contribution in [0.5, 0.6) is 0 Å². The van der Waals surface area contributed by atoms with Crippen LogP contribution in [0.15, 0.2) is 34.9 Å². The molecule has 0 saturated carbocycles. The highest BCUT2D eigenvalue weighted by Crippen LogP contribution is 2.15. The average Bonchev–Trinajstić information content (AvgIpc) is 2.72. The van der Waals surface area contributed by atoms with Crippen LogP contribution in [0.3, 0.4) is 0 Å². The standard InChI is InChI=1S/C14H16BrN3O/c1-10-12(9-17-18(10)2)14(19)16-8-7-11-5-3-4-6-13(11)15/h3-6,9H,7-8H2,1-2H3,(H,16,19). The van der Waals surface area contributed by atoms with E-state index in [1.165, 1.54) is 5.56 Å². The highest BCUT2D eigenvalue weighted by Gasteiger charge is 2.12. The first-order chi connectivity index (χ1) is 9.09. The highest BCUT2D eigenvalue weighted by atomic mass is 79.9. The fourth-order valence-electron chi connectivity index (χ4n) is 1.83. The van der Waals surface area contributed by atoms with Gasteiger partial charge in [-0.3, -0.25) is 9.48 Å². The van der Waals surface area contributed by atoms with Crippen LogP contribution in [0.4, 0.5) is 0 Å². The van der Waals surface area contributed by atoms with Gasteiger partial charge in [-0.15, -0.1) is 0 Å². The minimum absolute atomic E-state index is 0.0716. The smallest absolute Gasteiger partial charge is 0.254 e. The van der Waals surface area contributed by atoms with Crippen molar-refractivity contribution >= 4 is 21.8 Å². The summed E-state index contributed by atoms with van der Waals surface area (Å²) >= 11 is 3.50. The van der Waals surface area contributed by atoms with Crippen LogP contribution in [0, 0.1) is 6.92 Å². The van der Waals surface area contributed by atoms with E-state index in [9.17, 15) is 4.79 Å². The summed E-state index contributed by atoms with van der Waals surface area (Å²) in [5, 5.41) is 6.98. The largest absolute Gasteiger partial charge is 0.352 e. The van der Waals surface area contributed by atoms with Gasteiger partial charge in [-0.1, -0.05) is 34.1 Å². The van der Waals surface area contributed by atoms with Gasteiger partial charge in [0.2, 0.25) is 0 Å². The van der Waals surface area contributed by atoms with Crippen LogP contribution in [-0.4, -0.2) is 22.2 Å². The van der Waals surface area contributed by atoms with E-state index in [1.54, 1.807) is 10.9 Å². The molecule has 0 aliphatic heterocycles. The Bertz CT molecular complexity index is 592. The molecule has 0 bridgehead atoms. The van der Waals surface area contributed by atoms with Crippen molar-refractivity contribution in [3.05, 3.63) is 51.8 Å². The number of amides is 1. The van der Waals surface area contributed by atoms with Crippen LogP contribution in [-0.2, 0) is 13.5 Å². The first-order valence-corrected chi connectivity index (χ1v) is 6.89. The number of aromatic nitrogens is 2. The molecule has 4 nitrogen and oxygen atoms in total. The van der Waals surface area contributed by atoms with E-state index < -0.39 is 0 Å². The van der Waals surface area contributed by atoms with E-state index in [-0.39, 0.29) is 5.91 Å². The average molecular weight is 322 g/mol. The minimum Gasteiger partial charge on any atom is -0.352 e. The van der Waals surface area contributed by atoms with Crippen molar-refractivity contribution in [1.29, 1.82) is 0 Å². The summed E-state index contributed by atoms with van der Waals surface area (Å²) in [6.45, 7) is 2.49. The summed E-state index contributed by atoms with van der Waals surface area (Å²) in [5.74, 6) is -0.0716. The maximum absolute atomic E-state index is 12.0. The van der Waals surface area contributed by atoms with Gasteiger partial charge in [-0.25, -0.2) is 0 Å². The number of aryl methyl sites for hydroxylation is 1. The molecule has 1 N–H and O–H groups in total. The van der Waals surface area contributed by atoms with Crippen LogP contribution in [0.25, 0.3) is 0 Å². The van der Waals surface area contributed by atoms with Gasteiger partial charge in [0, 0.05) is 23.8 Å². The molecule has 0 fully saturated rings. The molecule has 0 saturated heterocycles. The summed E-state index contributed by atoms with van der Waals surface area (Å²) < 4.78 is 2.77. The molecule has 2 rings (SSSR count). The molecule has 1 amide bonds. The van der Waals surface area contributed by atoms with Gasteiger partial charge in [0.05, 0.1) is 11.8 Å². The molecule has 0 radical (unpaired) electrons. The maximum atomic E-state index is 12.0. The van der Waals surface area contributed by atoms with Gasteiger partial charge >= 0.3 is 0 Å². The lowest BCUT2D eigenvalue weighted by atomic mass is 10.1. The van der Waals surface area contributed by atoms with Crippen molar-refractivity contribution in [2.75, 3.05) is 6.54 Å². The van der Waals surface area contributed by atoms with Gasteiger partial charge in [0.1, 0.15) is 0 Å². The van der Waals surface area contributed by atoms with E-state index in [1.807, 2.05) is 38.2 Å². The third-order valence-electron chi connectivity index (χ3n) is 3.12. The zero-order chi connectivity index (χ0) is 13.8. The SMILES string of the molecule is Cc1c(C(=O)NCCc2ccccc2Br)cnn1C. The molecule has 0 atom stereocenters. The molecule has 1 heterocycles. The molecule has 5 heteroatoms. The Kier molecular flexibility index (Phi) is 4.37. The number of carbonyl (C=O) groups is 1. The van der Waals surface area contributed by atoms with Crippen LogP contribution < -0.4 is 5.32 Å². The lowest BCUT2D eigenvalue weighted by molar-refractivity contribution is 0.0953. The molecule has 0 aliphatic carbocycles. The fraction of sp³-hybridized carbons (Fsp3) is 0.286. The minimum atomic E-state index is -0.0716. The summed E-state index contributed by atoms with van der Waals surface area (Å²) in [6.07, 6.45) is 2.40. The Balaban J connectivity index is 1.91. The third-order valence-corrected chi connectivity index (χ3v) is 3.89. The van der Waals surface area contributed by atoms with Crippen molar-refractivity contribution in [3.8, 4) is 0 Å². The summed E-state index contributed by atoms with van der Waals surface area (Å²) in [6, 6.07) is 8.02. The zero-order valence-corrected chi connectivity index (χ0v) is 12.6. The number of hydrogen-bond acceptors (Lipinski definition) is 2. The number of nitrogens with zero attached hydrogens (tertiary/aromatic N) is 2. The van der Waals surface area contributed by atoms with Crippen molar-refractivity contribution in [2.45, 2.75) is 13.3 Å². The molecule has 2 aromatic rings. The van der Waals surface area contributed by atoms with E-state index in [0.29, 0.717) is 12.1 Å². The summed E-state index contributed by atoms with van der Waals surface area (Å²) in [4.78, 5) is 12.0. The fourth-order valence-corrected chi connectivity index (χ4v) is 2.31. The third kappa shape index (κ3) is 3.23. The second-order valence-electron chi connectivity index (χ2n) is 4.36. The van der Waals surface area contributed by atoms with Crippen LogP contribution in [0.1, 0.15) is 21.6 Å². The maximum Gasteiger partial charge on any atom is 0.254 e. The second kappa shape index (κ2) is 6.02. The first kappa shape index (κ1) is 13.8. The van der Waals surface area contributed by atoms with E-state index in [4.69, 9.17) is 0 Å². The van der Waals surface area contributed by atoms with E-state index >= 15 is 0 Å². The number of hydrogen-bond donors (Lipinski definition) is 1. The molecule has 0 aliphatic rings. The van der Waals surface area contributed by atoms with Crippen molar-refractivity contribution in [3.63, 3.8) is 0 Å². The number of carbonyl (C=O) groups excluding carboxylic acids is 1. The predicted molar refractivity (Wildman–Crippen MR) is 78.1 cm³/mol. The summed E-state index contributed by atoms with van der Waals surface area (Å²) in [7, 11) is 1.83. The zero-order valence-electron chi connectivity index (χ0n) is 11.0. The van der Waals surface area contributed by atoms with Gasteiger partial charge in [0.25, 0.3) is 5.91 Å². The lowest BCUT2D eigenvalue weighted by Crippen LogP contribution is -2.26. The Hall–Kier alpha value is -1.62. The number of nitrogens with one attached hydrogen (secondary N) is 1. The van der Waals surface area contributed by atoms with Gasteiger partial charge in [0.15, 0.2) is 0 Å².